The molecule has 0 spiro atoms. The van der Waals surface area contributed by atoms with Crippen LogP contribution in [0.15, 0.2) is 90.1 Å². The van der Waals surface area contributed by atoms with Crippen LogP contribution in [0.4, 0.5) is 5.69 Å². The molecule has 2 aliphatic heterocycles. The smallest absolute Gasteiger partial charge is 0.278 e. The molecule has 0 saturated heterocycles. The number of nitrogens with zero attached hydrogens (tertiary/aromatic N) is 4. The number of aromatic nitrogens is 4. The van der Waals surface area contributed by atoms with E-state index in [1.54, 1.807) is 4.57 Å². The largest absolute Gasteiger partial charge is 0.372 e. The van der Waals surface area contributed by atoms with Crippen LogP contribution in [0.3, 0.4) is 0 Å². The predicted octanol–water partition coefficient (Wildman–Crippen LogP) is 5.28. The van der Waals surface area contributed by atoms with Crippen LogP contribution in [-0.4, -0.2) is 32.6 Å². The van der Waals surface area contributed by atoms with Gasteiger partial charge in [-0.2, -0.15) is 0 Å². The van der Waals surface area contributed by atoms with Gasteiger partial charge in [0.25, 0.3) is 5.56 Å². The lowest BCUT2D eigenvalue weighted by atomic mass is 10.1. The van der Waals surface area contributed by atoms with E-state index in [0.29, 0.717) is 17.9 Å². The van der Waals surface area contributed by atoms with Gasteiger partial charge in [-0.3, -0.25) is 14.3 Å². The minimum Gasteiger partial charge on any atom is -0.372 e. The predicted molar refractivity (Wildman–Crippen MR) is 145 cm³/mol. The first-order valence-electron chi connectivity index (χ1n) is 12.6. The minimum absolute atomic E-state index is 0.0611. The highest BCUT2D eigenvalue weighted by Crippen LogP contribution is 2.25. The maximum Gasteiger partial charge on any atom is 0.278 e. The molecule has 1 N–H and O–H groups in total. The van der Waals surface area contributed by atoms with Crippen molar-refractivity contribution in [3.05, 3.63) is 118 Å². The van der Waals surface area contributed by atoms with Gasteiger partial charge in [0.2, 0.25) is 0 Å². The highest BCUT2D eigenvalue weighted by Gasteiger charge is 2.20. The highest BCUT2D eigenvalue weighted by atomic mass is 16.1. The van der Waals surface area contributed by atoms with E-state index in [4.69, 9.17) is 4.98 Å². The summed E-state index contributed by atoms with van der Waals surface area (Å²) >= 11 is 0. The van der Waals surface area contributed by atoms with Gasteiger partial charge in [0.15, 0.2) is 5.82 Å². The Morgan fingerprint density at radius 2 is 1.58 bits per heavy atom. The number of pyridine rings is 1. The van der Waals surface area contributed by atoms with Crippen LogP contribution in [0.2, 0.25) is 0 Å². The Hall–Kier alpha value is -4.19. The number of benzene rings is 2. The van der Waals surface area contributed by atoms with Crippen LogP contribution in [0, 0.1) is 0 Å². The van der Waals surface area contributed by atoms with E-state index in [2.05, 4.69) is 53.0 Å². The van der Waals surface area contributed by atoms with Gasteiger partial charge in [-0.15, -0.1) is 0 Å². The highest BCUT2D eigenvalue weighted by molar-refractivity contribution is 5.64. The Morgan fingerprint density at radius 3 is 2.28 bits per heavy atom. The van der Waals surface area contributed by atoms with Gasteiger partial charge in [-0.1, -0.05) is 42.5 Å². The molecule has 3 heterocycles. The number of hydrogen-bond acceptors (Lipinski definition) is 4. The van der Waals surface area contributed by atoms with E-state index < -0.39 is 0 Å². The van der Waals surface area contributed by atoms with Crippen molar-refractivity contribution in [2.75, 3.05) is 18.0 Å². The Labute approximate surface area is 211 Å². The van der Waals surface area contributed by atoms with Gasteiger partial charge in [0.1, 0.15) is 5.69 Å². The number of aromatic amines is 1. The monoisotopic (exact) mass is 477 g/mol. The van der Waals surface area contributed by atoms with E-state index in [9.17, 15) is 4.79 Å². The van der Waals surface area contributed by atoms with Crippen LogP contribution < -0.4 is 10.5 Å². The summed E-state index contributed by atoms with van der Waals surface area (Å²) in [5.41, 5.74) is 6.86. The van der Waals surface area contributed by atoms with Crippen molar-refractivity contribution >= 4 is 5.69 Å². The number of rotatable bonds is 9. The Morgan fingerprint density at radius 1 is 0.861 bits per heavy atom. The third-order valence-corrected chi connectivity index (χ3v) is 6.68. The molecule has 2 aromatic carbocycles. The van der Waals surface area contributed by atoms with Crippen LogP contribution in [-0.2, 0) is 19.3 Å². The molecule has 1 aromatic heterocycles. The number of nitrogens with one attached hydrogen (secondary N) is 1. The van der Waals surface area contributed by atoms with Crippen molar-refractivity contribution in [2.45, 2.75) is 33.1 Å². The van der Waals surface area contributed by atoms with E-state index in [1.165, 1.54) is 11.3 Å². The van der Waals surface area contributed by atoms with E-state index in [-0.39, 0.29) is 5.56 Å². The Kier molecular flexibility index (Phi) is 6.94. The molecule has 0 saturated carbocycles. The summed E-state index contributed by atoms with van der Waals surface area (Å²) in [4.78, 5) is 28.3. The summed E-state index contributed by atoms with van der Waals surface area (Å²) in [6, 6.07) is 22.6. The molecular formula is C30H31N5O. The number of H-pyrrole nitrogens is 1. The molecule has 5 rings (SSSR count). The van der Waals surface area contributed by atoms with Crippen LogP contribution >= 0.6 is 0 Å². The molecule has 0 fully saturated rings. The van der Waals surface area contributed by atoms with Gasteiger partial charge < -0.3 is 9.88 Å². The average Bonchev–Trinajstić information content (AvgIpc) is 3.24. The van der Waals surface area contributed by atoms with E-state index >= 15 is 0 Å². The summed E-state index contributed by atoms with van der Waals surface area (Å²) in [6.07, 6.45) is 7.59. The second kappa shape index (κ2) is 10.6. The van der Waals surface area contributed by atoms with Crippen LogP contribution in [0.5, 0.6) is 0 Å². The first kappa shape index (κ1) is 23.5. The second-order valence-corrected chi connectivity index (χ2v) is 8.94. The topological polar surface area (TPSA) is 66.8 Å². The molecule has 0 amide bonds. The molecule has 182 valence electrons. The molecule has 0 aliphatic carbocycles. The third-order valence-electron chi connectivity index (χ3n) is 6.68. The van der Waals surface area contributed by atoms with Crippen molar-refractivity contribution in [1.29, 1.82) is 0 Å². The van der Waals surface area contributed by atoms with Gasteiger partial charge >= 0.3 is 0 Å². The molecular weight excluding hydrogens is 446 g/mol. The Bertz CT molecular complexity index is 1430. The van der Waals surface area contributed by atoms with Crippen LogP contribution in [0.25, 0.3) is 17.1 Å². The van der Waals surface area contributed by atoms with Crippen LogP contribution in [0.1, 0.15) is 36.4 Å². The van der Waals surface area contributed by atoms with Crippen molar-refractivity contribution in [2.24, 2.45) is 0 Å². The molecule has 36 heavy (non-hydrogen) atoms. The lowest BCUT2D eigenvalue weighted by molar-refractivity contribution is 0.852. The number of imidazole rings is 1. The van der Waals surface area contributed by atoms with Crippen molar-refractivity contribution in [3.63, 3.8) is 0 Å². The first-order chi connectivity index (χ1) is 17.7. The second-order valence-electron chi connectivity index (χ2n) is 8.94. The van der Waals surface area contributed by atoms with Crippen molar-refractivity contribution in [3.8, 4) is 17.1 Å². The average molecular weight is 478 g/mol. The summed E-state index contributed by atoms with van der Waals surface area (Å²) in [7, 11) is 0. The van der Waals surface area contributed by atoms with E-state index in [0.717, 1.165) is 48.4 Å². The van der Waals surface area contributed by atoms with Gasteiger partial charge in [0.05, 0.1) is 11.4 Å². The molecule has 2 aliphatic rings. The molecule has 0 atom stereocenters. The minimum atomic E-state index is -0.0611. The number of hydrogen-bond donors (Lipinski definition) is 1. The summed E-state index contributed by atoms with van der Waals surface area (Å²) < 4.78 is 1.71. The quantitative estimate of drug-likeness (QED) is 0.314. The van der Waals surface area contributed by atoms with Crippen molar-refractivity contribution < 1.29 is 0 Å². The van der Waals surface area contributed by atoms with Gasteiger partial charge in [-0.25, -0.2) is 4.98 Å². The fourth-order valence-electron chi connectivity index (χ4n) is 4.66. The zero-order valence-corrected chi connectivity index (χ0v) is 20.8. The fraction of sp³-hybridized carbons (Fsp3) is 0.233. The summed E-state index contributed by atoms with van der Waals surface area (Å²) in [5, 5.41) is 0. The first-order valence-corrected chi connectivity index (χ1v) is 12.6. The third kappa shape index (κ3) is 4.93. The fourth-order valence-corrected chi connectivity index (χ4v) is 4.66. The standard InChI is InChI=1S/C30H31N5O/c1-3-34(4-2)25-13-11-24(12-14-25)28-21-35-29(26(32-28)15-10-22-16-18-31-19-17-22)33-27(30(35)36)20-23-8-6-5-7-9-23/h5-9,11-14,16-19,21,32H,3-4,10,15,20H2,1-2H3. The molecule has 6 nitrogen and oxygen atoms in total. The number of aryl methyl sites for hydroxylation is 2. The van der Waals surface area contributed by atoms with E-state index in [1.807, 2.05) is 61.1 Å². The lowest BCUT2D eigenvalue weighted by Gasteiger charge is -2.21. The zero-order chi connectivity index (χ0) is 24.9. The molecule has 3 aromatic rings. The Balaban J connectivity index is 1.55. The number of fused-ring (bicyclic) bond motifs is 1. The normalized spacial score (nSPS) is 11.2. The number of anilines is 1. The summed E-state index contributed by atoms with van der Waals surface area (Å²) in [5.74, 6) is 0.698. The van der Waals surface area contributed by atoms with Gasteiger partial charge in [-0.05, 0) is 67.6 Å². The molecule has 0 unspecified atom stereocenters. The molecule has 0 bridgehead atoms. The lowest BCUT2D eigenvalue weighted by Crippen LogP contribution is -2.21. The van der Waals surface area contributed by atoms with Gasteiger partial charge in [0, 0.05) is 43.8 Å². The maximum atomic E-state index is 13.4. The molecule has 6 heteroatoms. The molecule has 0 radical (unpaired) electrons. The summed E-state index contributed by atoms with van der Waals surface area (Å²) in [6.45, 7) is 6.25. The maximum absolute atomic E-state index is 13.4. The van der Waals surface area contributed by atoms with Crippen molar-refractivity contribution in [1.82, 2.24) is 19.5 Å². The zero-order valence-electron chi connectivity index (χ0n) is 20.8. The SMILES string of the molecule is CCN(CC)c1ccc(-c2cn3c(=O)c(Cc4ccccc4)nc-3c(CCc3ccncc3)[nH]2)cc1.